The molecule has 1 fully saturated rings. The zero-order chi connectivity index (χ0) is 11.7. The average Bonchev–Trinajstić information content (AvgIpc) is 3.00. The summed E-state index contributed by atoms with van der Waals surface area (Å²) >= 11 is 0. The maximum atomic E-state index is 5.85. The lowest BCUT2D eigenvalue weighted by Gasteiger charge is -2.00. The summed E-state index contributed by atoms with van der Waals surface area (Å²) in [6.45, 7) is 0. The highest BCUT2D eigenvalue weighted by Gasteiger charge is 2.23. The summed E-state index contributed by atoms with van der Waals surface area (Å²) < 4.78 is 5.26. The molecule has 2 aromatic rings. The molecule has 0 unspecified atom stereocenters. The topological polar surface area (TPSA) is 77.8 Å². The molecule has 0 saturated heterocycles. The summed E-state index contributed by atoms with van der Waals surface area (Å²) in [5.41, 5.74) is 7.17. The Balaban J connectivity index is 0.00000120. The molecule has 0 aromatic carbocycles. The molecular formula is C12H15ClN4O. The van der Waals surface area contributed by atoms with Crippen molar-refractivity contribution in [3.8, 4) is 11.5 Å². The first kappa shape index (κ1) is 12.8. The first-order valence-electron chi connectivity index (χ1n) is 5.88. The summed E-state index contributed by atoms with van der Waals surface area (Å²) in [6, 6.07) is 1.73. The van der Waals surface area contributed by atoms with Gasteiger partial charge in [-0.3, -0.25) is 4.98 Å². The lowest BCUT2D eigenvalue weighted by molar-refractivity contribution is 0.416. The molecule has 2 aromatic heterocycles. The number of rotatable bonds is 2. The number of aromatic nitrogens is 3. The molecule has 0 bridgehead atoms. The Morgan fingerprint density at radius 3 is 2.78 bits per heavy atom. The van der Waals surface area contributed by atoms with E-state index in [9.17, 15) is 0 Å². The van der Waals surface area contributed by atoms with E-state index in [-0.39, 0.29) is 12.4 Å². The normalized spacial score (nSPS) is 15.6. The van der Waals surface area contributed by atoms with Gasteiger partial charge in [0.1, 0.15) is 0 Å². The van der Waals surface area contributed by atoms with Gasteiger partial charge in [-0.1, -0.05) is 18.0 Å². The number of halogens is 1. The molecule has 0 radical (unpaired) electrons. The van der Waals surface area contributed by atoms with Gasteiger partial charge in [-0.2, -0.15) is 4.98 Å². The molecule has 2 N–H and O–H groups in total. The molecule has 0 atom stereocenters. The van der Waals surface area contributed by atoms with Crippen molar-refractivity contribution >= 4 is 18.1 Å². The van der Waals surface area contributed by atoms with Gasteiger partial charge in [0, 0.05) is 24.0 Å². The van der Waals surface area contributed by atoms with Crippen LogP contribution in [0.1, 0.15) is 37.4 Å². The van der Waals surface area contributed by atoms with Gasteiger partial charge < -0.3 is 10.3 Å². The smallest absolute Gasteiger partial charge is 0.261 e. The molecule has 0 aliphatic heterocycles. The molecule has 6 heteroatoms. The molecule has 5 nitrogen and oxygen atoms in total. The Morgan fingerprint density at radius 1 is 1.28 bits per heavy atom. The van der Waals surface area contributed by atoms with Gasteiger partial charge in [0.25, 0.3) is 5.89 Å². The van der Waals surface area contributed by atoms with E-state index in [4.69, 9.17) is 10.3 Å². The predicted octanol–water partition coefficient (Wildman–Crippen LogP) is 2.79. The van der Waals surface area contributed by atoms with Crippen molar-refractivity contribution in [2.75, 3.05) is 5.73 Å². The molecule has 0 spiro atoms. The maximum Gasteiger partial charge on any atom is 0.261 e. The van der Waals surface area contributed by atoms with Crippen molar-refractivity contribution in [2.24, 2.45) is 0 Å². The van der Waals surface area contributed by atoms with Gasteiger partial charge >= 0.3 is 0 Å². The van der Waals surface area contributed by atoms with Crippen LogP contribution in [0.3, 0.4) is 0 Å². The molecular weight excluding hydrogens is 252 g/mol. The van der Waals surface area contributed by atoms with Crippen molar-refractivity contribution in [3.05, 3.63) is 24.3 Å². The van der Waals surface area contributed by atoms with Crippen LogP contribution >= 0.6 is 12.4 Å². The van der Waals surface area contributed by atoms with Crippen LogP contribution in [0.2, 0.25) is 0 Å². The second kappa shape index (κ2) is 5.35. The summed E-state index contributed by atoms with van der Waals surface area (Å²) in [5, 5.41) is 4.05. The van der Waals surface area contributed by atoms with Crippen LogP contribution in [0.15, 0.2) is 23.0 Å². The third-order valence-electron chi connectivity index (χ3n) is 3.25. The van der Waals surface area contributed by atoms with Gasteiger partial charge in [-0.15, -0.1) is 12.4 Å². The second-order valence-corrected chi connectivity index (χ2v) is 4.40. The standard InChI is InChI=1S/C12H14N4O.ClH/c13-10-5-6-14-7-9(10)12-15-11(16-17-12)8-3-1-2-4-8;/h5-8H,1-4H2,(H2,13,14);1H. The summed E-state index contributed by atoms with van der Waals surface area (Å²) in [4.78, 5) is 8.45. The number of anilines is 1. The Bertz CT molecular complexity index is 522. The van der Waals surface area contributed by atoms with Gasteiger partial charge in [-0.25, -0.2) is 0 Å². The van der Waals surface area contributed by atoms with Crippen molar-refractivity contribution in [1.82, 2.24) is 15.1 Å². The van der Waals surface area contributed by atoms with Crippen LogP contribution in [0, 0.1) is 0 Å². The van der Waals surface area contributed by atoms with Crippen LogP contribution in [0.25, 0.3) is 11.5 Å². The quantitative estimate of drug-likeness (QED) is 0.904. The molecule has 18 heavy (non-hydrogen) atoms. The van der Waals surface area contributed by atoms with E-state index < -0.39 is 0 Å². The fraction of sp³-hybridized carbons (Fsp3) is 0.417. The van der Waals surface area contributed by atoms with E-state index in [1.807, 2.05) is 0 Å². The highest BCUT2D eigenvalue weighted by Crippen LogP contribution is 2.33. The minimum Gasteiger partial charge on any atom is -0.398 e. The van der Waals surface area contributed by atoms with Crippen molar-refractivity contribution < 1.29 is 4.52 Å². The van der Waals surface area contributed by atoms with Crippen LogP contribution in [0.4, 0.5) is 5.69 Å². The summed E-state index contributed by atoms with van der Waals surface area (Å²) in [5.74, 6) is 1.73. The predicted molar refractivity (Wildman–Crippen MR) is 70.4 cm³/mol. The Hall–Kier alpha value is -1.62. The Morgan fingerprint density at radius 2 is 2.06 bits per heavy atom. The van der Waals surface area contributed by atoms with Crippen molar-refractivity contribution in [1.29, 1.82) is 0 Å². The number of hydrogen-bond acceptors (Lipinski definition) is 5. The maximum absolute atomic E-state index is 5.85. The van der Waals surface area contributed by atoms with Gasteiger partial charge in [0.05, 0.1) is 5.56 Å². The Kier molecular flexibility index (Phi) is 3.81. The summed E-state index contributed by atoms with van der Waals surface area (Å²) in [6.07, 6.45) is 8.12. The first-order valence-corrected chi connectivity index (χ1v) is 5.88. The lowest BCUT2D eigenvalue weighted by Crippen LogP contribution is -1.95. The van der Waals surface area contributed by atoms with Crippen LogP contribution in [-0.2, 0) is 0 Å². The fourth-order valence-electron chi connectivity index (χ4n) is 2.28. The monoisotopic (exact) mass is 266 g/mol. The van der Waals surface area contributed by atoms with E-state index in [0.717, 1.165) is 18.7 Å². The largest absolute Gasteiger partial charge is 0.398 e. The Labute approximate surface area is 111 Å². The van der Waals surface area contributed by atoms with Gasteiger partial charge in [-0.05, 0) is 18.9 Å². The number of hydrogen-bond donors (Lipinski definition) is 1. The van der Waals surface area contributed by atoms with E-state index in [1.165, 1.54) is 12.8 Å². The fourth-order valence-corrected chi connectivity index (χ4v) is 2.28. The SMILES string of the molecule is Cl.Nc1ccncc1-c1nc(C2CCCC2)no1. The molecule has 96 valence electrons. The van der Waals surface area contributed by atoms with E-state index >= 15 is 0 Å². The van der Waals surface area contributed by atoms with Crippen LogP contribution in [-0.4, -0.2) is 15.1 Å². The lowest BCUT2D eigenvalue weighted by atomic mass is 10.1. The molecule has 2 heterocycles. The van der Waals surface area contributed by atoms with Gasteiger partial charge in [0.2, 0.25) is 0 Å². The van der Waals surface area contributed by atoms with E-state index in [2.05, 4.69) is 15.1 Å². The van der Waals surface area contributed by atoms with Crippen LogP contribution < -0.4 is 5.73 Å². The van der Waals surface area contributed by atoms with E-state index in [1.54, 1.807) is 18.5 Å². The summed E-state index contributed by atoms with van der Waals surface area (Å²) in [7, 11) is 0. The minimum atomic E-state index is 0. The molecule has 3 rings (SSSR count). The zero-order valence-electron chi connectivity index (χ0n) is 9.87. The molecule has 1 aliphatic rings. The number of nitrogens with two attached hydrogens (primary N) is 1. The zero-order valence-corrected chi connectivity index (χ0v) is 10.7. The van der Waals surface area contributed by atoms with Gasteiger partial charge in [0.15, 0.2) is 5.82 Å². The average molecular weight is 267 g/mol. The van der Waals surface area contributed by atoms with Crippen molar-refractivity contribution in [2.45, 2.75) is 31.6 Å². The first-order chi connectivity index (χ1) is 8.34. The highest BCUT2D eigenvalue weighted by molar-refractivity contribution is 5.85. The molecule has 0 amide bonds. The second-order valence-electron chi connectivity index (χ2n) is 4.40. The number of pyridine rings is 1. The molecule has 1 aliphatic carbocycles. The third kappa shape index (κ3) is 2.31. The number of nitrogen functional groups attached to an aromatic ring is 1. The minimum absolute atomic E-state index is 0. The molecule has 1 saturated carbocycles. The van der Waals surface area contributed by atoms with Crippen molar-refractivity contribution in [3.63, 3.8) is 0 Å². The van der Waals surface area contributed by atoms with E-state index in [0.29, 0.717) is 23.1 Å². The van der Waals surface area contributed by atoms with Crippen LogP contribution in [0.5, 0.6) is 0 Å². The number of nitrogens with zero attached hydrogens (tertiary/aromatic N) is 3. The highest BCUT2D eigenvalue weighted by atomic mass is 35.5. The third-order valence-corrected chi connectivity index (χ3v) is 3.25.